The highest BCUT2D eigenvalue weighted by atomic mass is 79.9. The van der Waals surface area contributed by atoms with Crippen molar-refractivity contribution in [2.45, 2.75) is 30.2 Å². The zero-order valence-corrected chi connectivity index (χ0v) is 23.7. The summed E-state index contributed by atoms with van der Waals surface area (Å²) in [7, 11) is -3.98. The second-order valence-corrected chi connectivity index (χ2v) is 12.4. The lowest BCUT2D eigenvalue weighted by Crippen LogP contribution is -2.28. The molecule has 1 aliphatic carbocycles. The van der Waals surface area contributed by atoms with Crippen LogP contribution in [0.4, 0.5) is 11.4 Å². The van der Waals surface area contributed by atoms with Gasteiger partial charge >= 0.3 is 10.1 Å². The van der Waals surface area contributed by atoms with Gasteiger partial charge in [-0.1, -0.05) is 76.1 Å². The fourth-order valence-electron chi connectivity index (χ4n) is 5.35. The number of nitrogens with zero attached hydrogens (tertiary/aromatic N) is 1. The van der Waals surface area contributed by atoms with Gasteiger partial charge in [-0.2, -0.15) is 8.42 Å². The monoisotopic (exact) mass is 598 g/mol. The number of halogens is 1. The Morgan fingerprint density at radius 2 is 1.74 bits per heavy atom. The fraction of sp³-hybridized carbons (Fsp3) is 0.156. The van der Waals surface area contributed by atoms with Gasteiger partial charge in [0.2, 0.25) is 0 Å². The molecule has 3 atom stereocenters. The number of fused-ring (bicyclic) bond motifs is 3. The summed E-state index contributed by atoms with van der Waals surface area (Å²) in [4.78, 5) is 4.73. The number of aliphatic imine (C=N–C) groups is 1. The molecule has 0 spiro atoms. The maximum Gasteiger partial charge on any atom is 0.339 e. The predicted molar refractivity (Wildman–Crippen MR) is 160 cm³/mol. The quantitative estimate of drug-likeness (QED) is 0.138. The molecule has 0 saturated heterocycles. The molecule has 1 aliphatic heterocycles. The summed E-state index contributed by atoms with van der Waals surface area (Å²) < 4.78 is 32.1. The van der Waals surface area contributed by atoms with Crippen LogP contribution in [0.5, 0.6) is 5.75 Å². The minimum absolute atomic E-state index is 0.105. The first-order valence-corrected chi connectivity index (χ1v) is 15.0. The number of aryl methyl sites for hydroxylation is 1. The number of anilines is 1. The maximum absolute atomic E-state index is 12.9. The van der Waals surface area contributed by atoms with Crippen molar-refractivity contribution in [3.8, 4) is 5.75 Å². The average molecular weight is 600 g/mol. The molecule has 7 heteroatoms. The molecule has 39 heavy (non-hydrogen) atoms. The molecule has 1 N–H and O–H groups in total. The Kier molecular flexibility index (Phi) is 6.87. The number of nitrogens with one attached hydrogen (secondary N) is 1. The Hall–Kier alpha value is -3.68. The number of hydrogen-bond donors (Lipinski definition) is 1. The molecule has 196 valence electrons. The highest BCUT2D eigenvalue weighted by molar-refractivity contribution is 9.10. The minimum Gasteiger partial charge on any atom is -0.378 e. The smallest absolute Gasteiger partial charge is 0.339 e. The third kappa shape index (κ3) is 5.29. The van der Waals surface area contributed by atoms with Crippen molar-refractivity contribution in [3.63, 3.8) is 0 Å². The van der Waals surface area contributed by atoms with Gasteiger partial charge in [0.15, 0.2) is 5.75 Å². The Balaban J connectivity index is 1.23. The summed E-state index contributed by atoms with van der Waals surface area (Å²) in [6, 6.07) is 28.7. The van der Waals surface area contributed by atoms with Gasteiger partial charge in [0.1, 0.15) is 4.90 Å². The second kappa shape index (κ2) is 10.5. The standard InChI is InChI=1S/C32H27BrN2O3S/c1-21-9-16-26(17-10-21)39(36,37)38-31-18-13-24(33)19-23(31)20-34-25-14-11-22(12-15-25)32-29-7-4-6-27(29)28-5-2-3-8-30(28)35-32/h2-6,8-20,27,29,32,35H,7H2,1H3/t27-,29+,32-/m0/s1. The first-order chi connectivity index (χ1) is 18.9. The topological polar surface area (TPSA) is 67.8 Å². The first-order valence-electron chi connectivity index (χ1n) is 12.8. The van der Waals surface area contributed by atoms with E-state index in [2.05, 4.69) is 74.8 Å². The van der Waals surface area contributed by atoms with E-state index in [1.54, 1.807) is 48.7 Å². The van der Waals surface area contributed by atoms with Crippen LogP contribution in [0.1, 0.15) is 40.6 Å². The van der Waals surface area contributed by atoms with Gasteiger partial charge in [0, 0.05) is 27.9 Å². The molecular formula is C32H27BrN2O3S. The van der Waals surface area contributed by atoms with Crippen molar-refractivity contribution < 1.29 is 12.6 Å². The van der Waals surface area contributed by atoms with Crippen molar-refractivity contribution in [3.05, 3.63) is 130 Å². The highest BCUT2D eigenvalue weighted by Gasteiger charge is 2.37. The van der Waals surface area contributed by atoms with E-state index in [0.717, 1.165) is 22.1 Å². The number of allylic oxidation sites excluding steroid dienone is 2. The third-order valence-corrected chi connectivity index (χ3v) is 9.10. The van der Waals surface area contributed by atoms with Crippen LogP contribution in [0.25, 0.3) is 0 Å². The van der Waals surface area contributed by atoms with E-state index in [1.165, 1.54) is 16.8 Å². The first kappa shape index (κ1) is 25.6. The molecule has 2 aliphatic rings. The minimum atomic E-state index is -3.98. The highest BCUT2D eigenvalue weighted by Crippen LogP contribution is 2.49. The molecule has 0 saturated carbocycles. The van der Waals surface area contributed by atoms with E-state index >= 15 is 0 Å². The Labute approximate surface area is 237 Å². The molecule has 4 aromatic carbocycles. The van der Waals surface area contributed by atoms with E-state index in [-0.39, 0.29) is 16.7 Å². The van der Waals surface area contributed by atoms with E-state index in [9.17, 15) is 8.42 Å². The second-order valence-electron chi connectivity index (χ2n) is 9.95. The molecule has 0 radical (unpaired) electrons. The summed E-state index contributed by atoms with van der Waals surface area (Å²) in [5.41, 5.74) is 6.07. The van der Waals surface area contributed by atoms with Gasteiger partial charge in [-0.3, -0.25) is 4.99 Å². The summed E-state index contributed by atoms with van der Waals surface area (Å²) in [6.07, 6.45) is 7.31. The van der Waals surface area contributed by atoms with E-state index in [1.807, 2.05) is 19.1 Å². The largest absolute Gasteiger partial charge is 0.378 e. The summed E-state index contributed by atoms with van der Waals surface area (Å²) >= 11 is 3.46. The zero-order valence-electron chi connectivity index (χ0n) is 21.3. The molecule has 0 aromatic heterocycles. The Bertz CT molecular complexity index is 1680. The van der Waals surface area contributed by atoms with Crippen LogP contribution < -0.4 is 9.50 Å². The van der Waals surface area contributed by atoms with Crippen molar-refractivity contribution in [1.82, 2.24) is 0 Å². The average Bonchev–Trinajstić information content (AvgIpc) is 3.44. The molecule has 0 fully saturated rings. The summed E-state index contributed by atoms with van der Waals surface area (Å²) in [6.45, 7) is 1.90. The lowest BCUT2D eigenvalue weighted by Gasteiger charge is -2.37. The van der Waals surface area contributed by atoms with Crippen molar-refractivity contribution in [1.29, 1.82) is 0 Å². The summed E-state index contributed by atoms with van der Waals surface area (Å²) in [5, 5.41) is 3.76. The Morgan fingerprint density at radius 3 is 2.54 bits per heavy atom. The molecule has 6 rings (SSSR count). The van der Waals surface area contributed by atoms with Gasteiger partial charge in [0.05, 0.1) is 11.7 Å². The number of benzene rings is 4. The lowest BCUT2D eigenvalue weighted by molar-refractivity contribution is 0.425. The van der Waals surface area contributed by atoms with Gasteiger partial charge in [-0.05, 0) is 78.9 Å². The Morgan fingerprint density at radius 1 is 0.974 bits per heavy atom. The SMILES string of the molecule is Cc1ccc(S(=O)(=O)Oc2ccc(Br)cc2C=Nc2ccc([C@@H]3Nc4ccccc4[C@@H]4C=CC[C@H]43)cc2)cc1. The van der Waals surface area contributed by atoms with Crippen LogP contribution in [0, 0.1) is 12.8 Å². The van der Waals surface area contributed by atoms with Gasteiger partial charge in [0.25, 0.3) is 0 Å². The van der Waals surface area contributed by atoms with Crippen LogP contribution in [0.3, 0.4) is 0 Å². The molecule has 5 nitrogen and oxygen atoms in total. The van der Waals surface area contributed by atoms with Gasteiger partial charge < -0.3 is 9.50 Å². The lowest BCUT2D eigenvalue weighted by atomic mass is 9.77. The zero-order chi connectivity index (χ0) is 27.0. The van der Waals surface area contributed by atoms with Gasteiger partial charge in [-0.25, -0.2) is 0 Å². The fourth-order valence-corrected chi connectivity index (χ4v) is 6.69. The van der Waals surface area contributed by atoms with Crippen molar-refractivity contribution in [2.24, 2.45) is 10.9 Å². The number of hydrogen-bond acceptors (Lipinski definition) is 5. The molecule has 0 unspecified atom stereocenters. The van der Waals surface area contributed by atoms with Crippen molar-refractivity contribution in [2.75, 3.05) is 5.32 Å². The van der Waals surface area contributed by atoms with Crippen LogP contribution in [0.15, 0.2) is 118 Å². The molecular weight excluding hydrogens is 572 g/mol. The molecule has 1 heterocycles. The van der Waals surface area contributed by atoms with Crippen LogP contribution >= 0.6 is 15.9 Å². The predicted octanol–water partition coefficient (Wildman–Crippen LogP) is 8.10. The van der Waals surface area contributed by atoms with Gasteiger partial charge in [-0.15, -0.1) is 0 Å². The van der Waals surface area contributed by atoms with Crippen LogP contribution in [-0.4, -0.2) is 14.6 Å². The van der Waals surface area contributed by atoms with E-state index in [0.29, 0.717) is 17.4 Å². The van der Waals surface area contributed by atoms with Crippen LogP contribution in [0.2, 0.25) is 0 Å². The summed E-state index contributed by atoms with van der Waals surface area (Å²) in [5.74, 6) is 1.12. The van der Waals surface area contributed by atoms with E-state index in [4.69, 9.17) is 4.18 Å². The number of rotatable bonds is 6. The molecule has 0 amide bonds. The van der Waals surface area contributed by atoms with E-state index < -0.39 is 10.1 Å². The number of para-hydroxylation sites is 1. The maximum atomic E-state index is 12.9. The third-order valence-electron chi connectivity index (χ3n) is 7.36. The van der Waals surface area contributed by atoms with Crippen LogP contribution in [-0.2, 0) is 10.1 Å². The van der Waals surface area contributed by atoms with Crippen molar-refractivity contribution >= 4 is 43.6 Å². The molecule has 4 aromatic rings. The molecule has 0 bridgehead atoms. The normalized spacial score (nSPS) is 19.9.